The van der Waals surface area contributed by atoms with E-state index in [9.17, 15) is 14.7 Å². The standard InChI is InChI=1S/C17H15N3O4S2/c18-13-15(21)20-14(17(22)23)11(8-25-16(13)20)26-10-3-1-9(2-4-10)7-12-19-5-6-24-12/h1-6,13,16H,7-8,18H2,(H,22,23)/t13-,16-/m1/s1. The van der Waals surface area contributed by atoms with Crippen molar-refractivity contribution in [1.82, 2.24) is 9.88 Å². The van der Waals surface area contributed by atoms with Crippen LogP contribution in [0.4, 0.5) is 0 Å². The summed E-state index contributed by atoms with van der Waals surface area (Å²) in [5.41, 5.74) is 6.86. The Balaban J connectivity index is 1.53. The summed E-state index contributed by atoms with van der Waals surface area (Å²) in [5.74, 6) is -0.270. The zero-order valence-corrected chi connectivity index (χ0v) is 15.1. The summed E-state index contributed by atoms with van der Waals surface area (Å²) in [7, 11) is 0. The first-order valence-corrected chi connectivity index (χ1v) is 9.73. The zero-order chi connectivity index (χ0) is 18.3. The van der Waals surface area contributed by atoms with Crippen molar-refractivity contribution in [1.29, 1.82) is 0 Å². The van der Waals surface area contributed by atoms with Crippen LogP contribution >= 0.6 is 23.5 Å². The van der Waals surface area contributed by atoms with E-state index in [2.05, 4.69) is 4.98 Å². The van der Waals surface area contributed by atoms with Crippen LogP contribution in [-0.4, -0.2) is 44.0 Å². The number of β-lactam (4-membered cyclic amide) rings is 1. The van der Waals surface area contributed by atoms with E-state index in [1.54, 1.807) is 6.20 Å². The van der Waals surface area contributed by atoms with Crippen molar-refractivity contribution in [2.75, 3.05) is 5.75 Å². The lowest BCUT2D eigenvalue weighted by molar-refractivity contribution is -0.147. The summed E-state index contributed by atoms with van der Waals surface area (Å²) in [6.45, 7) is 0. The fourth-order valence-corrected chi connectivity index (χ4v) is 5.32. The van der Waals surface area contributed by atoms with Gasteiger partial charge in [0.15, 0.2) is 5.89 Å². The highest BCUT2D eigenvalue weighted by molar-refractivity contribution is 8.06. The zero-order valence-electron chi connectivity index (χ0n) is 13.5. The number of rotatable bonds is 5. The van der Waals surface area contributed by atoms with E-state index >= 15 is 0 Å². The molecule has 0 aliphatic carbocycles. The van der Waals surface area contributed by atoms with Crippen LogP contribution < -0.4 is 5.73 Å². The molecule has 2 aromatic rings. The topological polar surface area (TPSA) is 110 Å². The number of nitrogens with two attached hydrogens (primary N) is 1. The van der Waals surface area contributed by atoms with Gasteiger partial charge in [0.05, 0.1) is 6.20 Å². The van der Waals surface area contributed by atoms with Crippen LogP contribution in [0.2, 0.25) is 0 Å². The number of aromatic nitrogens is 1. The van der Waals surface area contributed by atoms with Gasteiger partial charge in [-0.1, -0.05) is 23.9 Å². The van der Waals surface area contributed by atoms with Gasteiger partial charge in [0.25, 0.3) is 0 Å². The van der Waals surface area contributed by atoms with E-state index in [-0.39, 0.29) is 17.0 Å². The maximum absolute atomic E-state index is 12.0. The van der Waals surface area contributed by atoms with Crippen molar-refractivity contribution in [2.45, 2.75) is 22.7 Å². The number of carbonyl (C=O) groups is 2. The maximum atomic E-state index is 12.0. The fourth-order valence-electron chi connectivity index (χ4n) is 2.90. The Labute approximate surface area is 157 Å². The van der Waals surface area contributed by atoms with E-state index in [1.807, 2.05) is 24.3 Å². The number of hydrogen-bond donors (Lipinski definition) is 2. The molecule has 0 spiro atoms. The first-order chi connectivity index (χ1) is 12.5. The van der Waals surface area contributed by atoms with Crippen molar-refractivity contribution >= 4 is 35.4 Å². The number of benzene rings is 1. The molecule has 0 saturated carbocycles. The molecule has 2 aliphatic heterocycles. The number of carboxylic acids is 1. The molecule has 7 nitrogen and oxygen atoms in total. The highest BCUT2D eigenvalue weighted by Gasteiger charge is 2.51. The molecule has 2 aliphatic rings. The Bertz CT molecular complexity index is 880. The van der Waals surface area contributed by atoms with E-state index < -0.39 is 12.0 Å². The third-order valence-corrected chi connectivity index (χ3v) is 6.76. The van der Waals surface area contributed by atoms with Gasteiger partial charge in [-0.15, -0.1) is 11.8 Å². The second kappa shape index (κ2) is 6.82. The van der Waals surface area contributed by atoms with E-state index in [0.29, 0.717) is 23.0 Å². The van der Waals surface area contributed by atoms with Crippen LogP contribution in [0.15, 0.2) is 56.6 Å². The molecule has 1 saturated heterocycles. The minimum absolute atomic E-state index is 0.0503. The average molecular weight is 389 g/mol. The van der Waals surface area contributed by atoms with Gasteiger partial charge in [-0.25, -0.2) is 9.78 Å². The van der Waals surface area contributed by atoms with Crippen LogP contribution in [-0.2, 0) is 16.0 Å². The Kier molecular flexibility index (Phi) is 4.51. The number of fused-ring (bicyclic) bond motifs is 1. The molecule has 134 valence electrons. The largest absolute Gasteiger partial charge is 0.477 e. The minimum atomic E-state index is -1.10. The Morgan fingerprint density at radius 3 is 2.85 bits per heavy atom. The Morgan fingerprint density at radius 1 is 1.42 bits per heavy atom. The predicted octanol–water partition coefficient (Wildman–Crippen LogP) is 1.90. The van der Waals surface area contributed by atoms with Gasteiger partial charge in [-0.3, -0.25) is 9.69 Å². The number of carboxylic acid groups (broad SMARTS) is 1. The molecule has 3 N–H and O–H groups in total. The summed E-state index contributed by atoms with van der Waals surface area (Å²) < 4.78 is 5.24. The first-order valence-electron chi connectivity index (χ1n) is 7.86. The Morgan fingerprint density at radius 2 is 2.19 bits per heavy atom. The second-order valence-electron chi connectivity index (χ2n) is 5.86. The van der Waals surface area contributed by atoms with Crippen molar-refractivity contribution in [2.24, 2.45) is 5.73 Å². The molecular formula is C17H15N3O4S2. The predicted molar refractivity (Wildman–Crippen MR) is 97.3 cm³/mol. The van der Waals surface area contributed by atoms with E-state index in [4.69, 9.17) is 10.2 Å². The molecule has 2 atom stereocenters. The molecule has 1 amide bonds. The van der Waals surface area contributed by atoms with Gasteiger partial charge >= 0.3 is 5.97 Å². The lowest BCUT2D eigenvalue weighted by Gasteiger charge is -2.47. The lowest BCUT2D eigenvalue weighted by atomic mass is 10.1. The van der Waals surface area contributed by atoms with Gasteiger partial charge in [0.2, 0.25) is 5.91 Å². The highest BCUT2D eigenvalue weighted by Crippen LogP contribution is 2.44. The lowest BCUT2D eigenvalue weighted by Crippen LogP contribution is -2.68. The maximum Gasteiger partial charge on any atom is 0.353 e. The number of nitrogens with zero attached hydrogens (tertiary/aromatic N) is 2. The van der Waals surface area contributed by atoms with Crippen molar-refractivity contribution in [3.8, 4) is 0 Å². The second-order valence-corrected chi connectivity index (χ2v) is 8.13. The third-order valence-electron chi connectivity index (χ3n) is 4.18. The molecule has 0 unspecified atom stereocenters. The summed E-state index contributed by atoms with van der Waals surface area (Å²) >= 11 is 2.86. The first kappa shape index (κ1) is 17.2. The quantitative estimate of drug-likeness (QED) is 0.746. The minimum Gasteiger partial charge on any atom is -0.477 e. The van der Waals surface area contributed by atoms with Crippen molar-refractivity contribution in [3.05, 3.63) is 58.8 Å². The van der Waals surface area contributed by atoms with Gasteiger partial charge in [0.1, 0.15) is 23.4 Å². The number of oxazole rings is 1. The van der Waals surface area contributed by atoms with Crippen molar-refractivity contribution in [3.63, 3.8) is 0 Å². The number of aliphatic carboxylic acids is 1. The average Bonchev–Trinajstić information content (AvgIpc) is 3.15. The number of thioether (sulfide) groups is 2. The molecule has 3 heterocycles. The summed E-state index contributed by atoms with van der Waals surface area (Å²) in [4.78, 5) is 30.6. The molecule has 0 bridgehead atoms. The molecule has 9 heteroatoms. The number of amides is 1. The molecule has 4 rings (SSSR count). The normalized spacial score (nSPS) is 22.2. The fraction of sp³-hybridized carbons (Fsp3) is 0.235. The van der Waals surface area contributed by atoms with Crippen LogP contribution in [0, 0.1) is 0 Å². The molecule has 0 radical (unpaired) electrons. The number of carbonyl (C=O) groups excluding carboxylic acids is 1. The van der Waals surface area contributed by atoms with Gasteiger partial charge in [-0.2, -0.15) is 0 Å². The molecular weight excluding hydrogens is 374 g/mol. The number of hydrogen-bond acceptors (Lipinski definition) is 7. The van der Waals surface area contributed by atoms with Gasteiger partial charge in [-0.05, 0) is 17.7 Å². The van der Waals surface area contributed by atoms with Crippen LogP contribution in [0.1, 0.15) is 11.5 Å². The summed E-state index contributed by atoms with van der Waals surface area (Å²) in [6.07, 6.45) is 3.74. The smallest absolute Gasteiger partial charge is 0.353 e. The third kappa shape index (κ3) is 3.02. The summed E-state index contributed by atoms with van der Waals surface area (Å²) in [5, 5.41) is 9.29. The molecule has 1 aromatic heterocycles. The molecule has 26 heavy (non-hydrogen) atoms. The van der Waals surface area contributed by atoms with Crippen LogP contribution in [0.3, 0.4) is 0 Å². The highest BCUT2D eigenvalue weighted by atomic mass is 32.2. The van der Waals surface area contributed by atoms with Crippen LogP contribution in [0.5, 0.6) is 0 Å². The SMILES string of the molecule is N[C@@H]1C(=O)N2C(C(=O)O)=C(Sc3ccc(Cc4ncco4)cc3)CS[C@H]12. The monoisotopic (exact) mass is 389 g/mol. The molecule has 1 aromatic carbocycles. The molecule has 1 fully saturated rings. The van der Waals surface area contributed by atoms with Gasteiger partial charge in [0, 0.05) is 22.0 Å². The van der Waals surface area contributed by atoms with E-state index in [1.165, 1.54) is 34.7 Å². The van der Waals surface area contributed by atoms with Crippen molar-refractivity contribution < 1.29 is 19.1 Å². The Hall–Kier alpha value is -2.23. The van der Waals surface area contributed by atoms with Gasteiger partial charge < -0.3 is 15.3 Å². The summed E-state index contributed by atoms with van der Waals surface area (Å²) in [6, 6.07) is 7.15. The van der Waals surface area contributed by atoms with E-state index in [0.717, 1.165) is 10.5 Å². The van der Waals surface area contributed by atoms with Crippen LogP contribution in [0.25, 0.3) is 0 Å².